The monoisotopic (exact) mass is 181 g/mol. The lowest BCUT2D eigenvalue weighted by atomic mass is 10.2. The first-order valence-electron chi connectivity index (χ1n) is 3.79. The van der Waals surface area contributed by atoms with E-state index in [4.69, 9.17) is 20.6 Å². The Labute approximate surface area is 76.8 Å². The Morgan fingerprint density at radius 2 is 2.00 bits per heavy atom. The molecule has 0 aromatic heterocycles. The topological polar surface area (TPSA) is 70.1 Å². The number of hydrogen-bond acceptors (Lipinski definition) is 2. The van der Waals surface area contributed by atoms with E-state index in [9.17, 15) is 0 Å². The molecule has 1 rings (SSSR count). The molecule has 70 valence electrons. The molecular weight excluding hydrogens is 168 g/mol. The summed E-state index contributed by atoms with van der Waals surface area (Å²) in [7, 11) is 3.14. The van der Waals surface area contributed by atoms with Gasteiger partial charge in [-0.3, -0.25) is 11.1 Å². The van der Waals surface area contributed by atoms with Crippen LogP contribution in [0.3, 0.4) is 0 Å². The van der Waals surface area contributed by atoms with Crippen LogP contribution >= 0.6 is 0 Å². The smallest absolute Gasteiger partial charge is 0.274 e. The van der Waals surface area contributed by atoms with Gasteiger partial charge in [0.2, 0.25) is 0 Å². The number of methoxy groups -OCH3 is 2. The maximum atomic E-state index is 5.46. The maximum absolute atomic E-state index is 5.46. The quantitative estimate of drug-likeness (QED) is 0.472. The lowest BCUT2D eigenvalue weighted by Crippen LogP contribution is -2.46. The van der Waals surface area contributed by atoms with E-state index in [1.807, 2.05) is 0 Å². The van der Waals surface area contributed by atoms with E-state index in [0.717, 1.165) is 0 Å². The van der Waals surface area contributed by atoms with Crippen molar-refractivity contribution >= 4 is 5.84 Å². The highest BCUT2D eigenvalue weighted by atomic mass is 16.5. The van der Waals surface area contributed by atoms with E-state index in [0.29, 0.717) is 17.1 Å². The zero-order valence-corrected chi connectivity index (χ0v) is 7.70. The summed E-state index contributed by atoms with van der Waals surface area (Å²) < 4.78 is 10.1. The van der Waals surface area contributed by atoms with Crippen LogP contribution in [-0.2, 0) is 0 Å². The molecule has 0 saturated heterocycles. The van der Waals surface area contributed by atoms with Gasteiger partial charge < -0.3 is 9.47 Å². The Bertz CT molecular complexity index is 323. The third-order valence-corrected chi connectivity index (χ3v) is 1.72. The van der Waals surface area contributed by atoms with E-state index in [1.165, 1.54) is 0 Å². The molecule has 0 radical (unpaired) electrons. The first kappa shape index (κ1) is 9.38. The first-order chi connectivity index (χ1) is 6.19. The van der Waals surface area contributed by atoms with Crippen LogP contribution in [0.15, 0.2) is 18.2 Å². The van der Waals surface area contributed by atoms with Crippen molar-refractivity contribution in [2.24, 2.45) is 5.73 Å². The third-order valence-electron chi connectivity index (χ3n) is 1.72. The molecule has 0 fully saturated rings. The molecule has 0 aliphatic rings. The molecule has 13 heavy (non-hydrogen) atoms. The van der Waals surface area contributed by atoms with Crippen LogP contribution in [0.25, 0.3) is 0 Å². The van der Waals surface area contributed by atoms with Crippen molar-refractivity contribution in [3.63, 3.8) is 0 Å². The van der Waals surface area contributed by atoms with E-state index in [-0.39, 0.29) is 5.84 Å². The molecular formula is C9H13N2O2+. The Morgan fingerprint density at radius 3 is 2.46 bits per heavy atom. The fourth-order valence-corrected chi connectivity index (χ4v) is 1.04. The molecule has 4 heteroatoms. The molecule has 0 unspecified atom stereocenters. The summed E-state index contributed by atoms with van der Waals surface area (Å²) >= 11 is 0. The van der Waals surface area contributed by atoms with E-state index >= 15 is 0 Å². The highest BCUT2D eigenvalue weighted by molar-refractivity contribution is 5.95. The molecule has 4 nitrogen and oxygen atoms in total. The second-order valence-electron chi connectivity index (χ2n) is 2.52. The lowest BCUT2D eigenvalue weighted by molar-refractivity contribution is -0.114. The normalized spacial score (nSPS) is 9.38. The summed E-state index contributed by atoms with van der Waals surface area (Å²) in [5.41, 5.74) is 6.14. The van der Waals surface area contributed by atoms with Gasteiger partial charge in [0.1, 0.15) is 17.1 Å². The number of ether oxygens (including phenoxy) is 2. The minimum atomic E-state index is 0.236. The van der Waals surface area contributed by atoms with Crippen molar-refractivity contribution in [3.05, 3.63) is 23.8 Å². The highest BCUT2D eigenvalue weighted by Crippen LogP contribution is 2.23. The van der Waals surface area contributed by atoms with Crippen LogP contribution in [-0.4, -0.2) is 20.1 Å². The van der Waals surface area contributed by atoms with E-state index in [2.05, 4.69) is 0 Å². The van der Waals surface area contributed by atoms with Gasteiger partial charge in [-0.1, -0.05) is 0 Å². The maximum Gasteiger partial charge on any atom is 0.274 e. The SMILES string of the molecule is COc1ccc(C(N)=[NH2+])c(OC)c1. The second kappa shape index (κ2) is 3.80. The van der Waals surface area contributed by atoms with Gasteiger partial charge in [0, 0.05) is 6.07 Å². The molecule has 1 aromatic rings. The van der Waals surface area contributed by atoms with Crippen LogP contribution in [0.1, 0.15) is 5.56 Å². The van der Waals surface area contributed by atoms with Crippen LogP contribution in [0.5, 0.6) is 11.5 Å². The number of hydrogen-bond donors (Lipinski definition) is 2. The summed E-state index contributed by atoms with van der Waals surface area (Å²) in [5, 5.41) is 5.46. The van der Waals surface area contributed by atoms with Crippen molar-refractivity contribution in [2.45, 2.75) is 0 Å². The molecule has 0 aliphatic heterocycles. The highest BCUT2D eigenvalue weighted by Gasteiger charge is 2.10. The molecule has 0 aliphatic carbocycles. The summed E-state index contributed by atoms with van der Waals surface area (Å²) in [6, 6.07) is 5.26. The molecule has 0 spiro atoms. The Balaban J connectivity index is 3.15. The minimum absolute atomic E-state index is 0.236. The van der Waals surface area contributed by atoms with E-state index in [1.54, 1.807) is 32.4 Å². The Morgan fingerprint density at radius 1 is 1.31 bits per heavy atom. The average Bonchev–Trinajstić information content (AvgIpc) is 2.16. The zero-order chi connectivity index (χ0) is 9.84. The Hall–Kier alpha value is -1.71. The lowest BCUT2D eigenvalue weighted by Gasteiger charge is -2.06. The van der Waals surface area contributed by atoms with Gasteiger partial charge in [-0.05, 0) is 12.1 Å². The van der Waals surface area contributed by atoms with Gasteiger partial charge in [-0.25, -0.2) is 0 Å². The fraction of sp³-hybridized carbons (Fsp3) is 0.222. The predicted molar refractivity (Wildman–Crippen MR) is 49.8 cm³/mol. The van der Waals surface area contributed by atoms with Gasteiger partial charge in [0.05, 0.1) is 14.2 Å². The summed E-state index contributed by atoms with van der Waals surface area (Å²) in [4.78, 5) is 0. The van der Waals surface area contributed by atoms with Gasteiger partial charge in [0.25, 0.3) is 5.84 Å². The largest absolute Gasteiger partial charge is 0.497 e. The predicted octanol–water partition coefficient (Wildman–Crippen LogP) is -0.832. The van der Waals surface area contributed by atoms with Gasteiger partial charge in [-0.15, -0.1) is 0 Å². The van der Waals surface area contributed by atoms with Crippen LogP contribution < -0.4 is 20.6 Å². The molecule has 0 atom stereocenters. The number of rotatable bonds is 3. The number of amidine groups is 1. The van der Waals surface area contributed by atoms with Crippen LogP contribution in [0.4, 0.5) is 0 Å². The first-order valence-corrected chi connectivity index (χ1v) is 3.79. The minimum Gasteiger partial charge on any atom is -0.497 e. The average molecular weight is 181 g/mol. The van der Waals surface area contributed by atoms with Crippen molar-refractivity contribution in [3.8, 4) is 11.5 Å². The molecule has 0 saturated carbocycles. The van der Waals surface area contributed by atoms with Crippen molar-refractivity contribution in [1.29, 1.82) is 0 Å². The molecule has 1 aromatic carbocycles. The molecule has 0 amide bonds. The third kappa shape index (κ3) is 1.90. The van der Waals surface area contributed by atoms with Crippen molar-refractivity contribution in [2.75, 3.05) is 14.2 Å². The Kier molecular flexibility index (Phi) is 2.74. The van der Waals surface area contributed by atoms with Crippen molar-refractivity contribution < 1.29 is 14.9 Å². The number of benzene rings is 1. The van der Waals surface area contributed by atoms with Gasteiger partial charge >= 0.3 is 0 Å². The van der Waals surface area contributed by atoms with Crippen molar-refractivity contribution in [1.82, 2.24) is 0 Å². The van der Waals surface area contributed by atoms with E-state index < -0.39 is 0 Å². The summed E-state index contributed by atoms with van der Waals surface area (Å²) in [5.74, 6) is 1.56. The fourth-order valence-electron chi connectivity index (χ4n) is 1.04. The van der Waals surface area contributed by atoms with Crippen LogP contribution in [0, 0.1) is 0 Å². The zero-order valence-electron chi connectivity index (χ0n) is 7.70. The van der Waals surface area contributed by atoms with Gasteiger partial charge in [-0.2, -0.15) is 0 Å². The standard InChI is InChI=1S/C9H12N2O2/c1-12-6-3-4-7(9(10)11)8(5-6)13-2/h3-5H,1-2H3,(H3,10,11)/p+1. The summed E-state index contributed by atoms with van der Waals surface area (Å²) in [6.07, 6.45) is 0. The second-order valence-corrected chi connectivity index (χ2v) is 2.52. The van der Waals surface area contributed by atoms with Gasteiger partial charge in [0.15, 0.2) is 0 Å². The molecule has 4 N–H and O–H groups in total. The van der Waals surface area contributed by atoms with Crippen LogP contribution in [0.2, 0.25) is 0 Å². The molecule has 0 bridgehead atoms. The molecule has 0 heterocycles. The summed E-state index contributed by atoms with van der Waals surface area (Å²) in [6.45, 7) is 0. The number of nitrogens with two attached hydrogens (primary N) is 2.